The van der Waals surface area contributed by atoms with Crippen LogP contribution in [0.1, 0.15) is 10.9 Å². The summed E-state index contributed by atoms with van der Waals surface area (Å²) < 4.78 is 36.2. The summed E-state index contributed by atoms with van der Waals surface area (Å²) in [5, 5.41) is 21.7. The number of nitrogens with zero attached hydrogens (tertiary/aromatic N) is 1. The molecular weight excluding hydrogens is 404 g/mol. The summed E-state index contributed by atoms with van der Waals surface area (Å²) in [6.07, 6.45) is 0. The van der Waals surface area contributed by atoms with E-state index in [1.165, 1.54) is 49.6 Å². The number of nitro benzene ring substituents is 1. The molecule has 0 aliphatic heterocycles. The summed E-state index contributed by atoms with van der Waals surface area (Å²) in [5.74, 6) is -0.497. The number of carbonyl (C=O) groups excluding carboxylic acids is 1. The van der Waals surface area contributed by atoms with E-state index in [2.05, 4.69) is 10.1 Å². The van der Waals surface area contributed by atoms with E-state index in [9.17, 15) is 28.4 Å². The summed E-state index contributed by atoms with van der Waals surface area (Å²) in [5.41, 5.74) is -0.640. The molecule has 0 heterocycles. The number of ether oxygens (including phenoxy) is 2. The van der Waals surface area contributed by atoms with Gasteiger partial charge < -0.3 is 14.6 Å². The van der Waals surface area contributed by atoms with E-state index in [1.807, 2.05) is 0 Å². The van der Waals surface area contributed by atoms with Gasteiger partial charge >= 0.3 is 5.97 Å². The normalized spacial score (nSPS) is 13.3. The molecular formula is C18H20N2O8S. The second kappa shape index (κ2) is 9.45. The van der Waals surface area contributed by atoms with Crippen LogP contribution in [0, 0.1) is 10.1 Å². The Balaban J connectivity index is 2.63. The lowest BCUT2D eigenvalue weighted by Gasteiger charge is -2.23. The number of rotatable bonds is 9. The quantitative estimate of drug-likeness (QED) is 0.344. The molecule has 0 aromatic heterocycles. The third-order valence-corrected chi connectivity index (χ3v) is 6.07. The van der Waals surface area contributed by atoms with Gasteiger partial charge in [-0.15, -0.1) is 0 Å². The molecule has 2 unspecified atom stereocenters. The molecule has 0 aliphatic carbocycles. The standard InChI is InChI=1S/C18H20N2O8S/c1-27-12-7-9-13(10-8-12)29(25,26)17(19-15(11-21)18(22)28-2)14-5-3-4-6-16(14)20(23)24/h3-10,15,17,19,21H,11H2,1-2H3. The molecule has 10 nitrogen and oxygen atoms in total. The fraction of sp³-hybridized carbons (Fsp3) is 0.278. The fourth-order valence-corrected chi connectivity index (χ4v) is 4.31. The lowest BCUT2D eigenvalue weighted by Crippen LogP contribution is -2.45. The van der Waals surface area contributed by atoms with Gasteiger partial charge in [0.2, 0.25) is 0 Å². The molecule has 11 heteroatoms. The Morgan fingerprint density at radius 1 is 1.17 bits per heavy atom. The van der Waals surface area contributed by atoms with Gasteiger partial charge in [-0.2, -0.15) is 0 Å². The first-order valence-electron chi connectivity index (χ1n) is 8.32. The van der Waals surface area contributed by atoms with E-state index >= 15 is 0 Å². The number of hydrogen-bond acceptors (Lipinski definition) is 9. The molecule has 0 amide bonds. The number of hydrogen-bond donors (Lipinski definition) is 2. The maximum absolute atomic E-state index is 13.3. The van der Waals surface area contributed by atoms with E-state index in [4.69, 9.17) is 4.74 Å². The molecule has 2 aromatic carbocycles. The third kappa shape index (κ3) is 4.88. The predicted molar refractivity (Wildman–Crippen MR) is 102 cm³/mol. The second-order valence-corrected chi connectivity index (χ2v) is 7.87. The van der Waals surface area contributed by atoms with Gasteiger partial charge in [-0.1, -0.05) is 12.1 Å². The summed E-state index contributed by atoms with van der Waals surface area (Å²) in [6, 6.07) is 9.24. The highest BCUT2D eigenvalue weighted by atomic mass is 32.2. The molecule has 0 saturated carbocycles. The molecule has 156 valence electrons. The average molecular weight is 424 g/mol. The van der Waals surface area contributed by atoms with Crippen LogP contribution in [-0.4, -0.2) is 51.3 Å². The minimum atomic E-state index is -4.27. The zero-order valence-corrected chi connectivity index (χ0v) is 16.5. The summed E-state index contributed by atoms with van der Waals surface area (Å²) >= 11 is 0. The highest BCUT2D eigenvalue weighted by molar-refractivity contribution is 7.91. The molecule has 0 saturated heterocycles. The minimum Gasteiger partial charge on any atom is -0.497 e. The van der Waals surface area contributed by atoms with Crippen LogP contribution in [0.2, 0.25) is 0 Å². The SMILES string of the molecule is COC(=O)C(CO)NC(c1ccccc1[N+](=O)[O-])S(=O)(=O)c1ccc(OC)cc1. The molecule has 0 radical (unpaired) electrons. The maximum Gasteiger partial charge on any atom is 0.325 e. The van der Waals surface area contributed by atoms with Crippen molar-refractivity contribution in [1.29, 1.82) is 0 Å². The van der Waals surface area contributed by atoms with Crippen LogP contribution < -0.4 is 10.1 Å². The minimum absolute atomic E-state index is 0.157. The Hall–Kier alpha value is -3.02. The highest BCUT2D eigenvalue weighted by Crippen LogP contribution is 2.33. The van der Waals surface area contributed by atoms with E-state index in [0.717, 1.165) is 13.2 Å². The molecule has 2 rings (SSSR count). The van der Waals surface area contributed by atoms with Crippen LogP contribution in [0.4, 0.5) is 5.69 Å². The Bertz CT molecular complexity index is 976. The number of aliphatic hydroxyl groups is 1. The Morgan fingerprint density at radius 3 is 2.31 bits per heavy atom. The van der Waals surface area contributed by atoms with Gasteiger partial charge in [0, 0.05) is 6.07 Å². The Labute approximate surface area is 167 Å². The number of carbonyl (C=O) groups is 1. The van der Waals surface area contributed by atoms with Gasteiger partial charge in [-0.05, 0) is 30.3 Å². The van der Waals surface area contributed by atoms with Crippen LogP contribution in [0.3, 0.4) is 0 Å². The van der Waals surface area contributed by atoms with Crippen LogP contribution in [0.15, 0.2) is 53.4 Å². The zero-order valence-electron chi connectivity index (χ0n) is 15.6. The molecule has 2 atom stereocenters. The van der Waals surface area contributed by atoms with E-state index in [0.29, 0.717) is 5.75 Å². The number of aliphatic hydroxyl groups excluding tert-OH is 1. The van der Waals surface area contributed by atoms with Gasteiger partial charge in [0.05, 0.1) is 36.2 Å². The largest absolute Gasteiger partial charge is 0.497 e. The molecule has 0 fully saturated rings. The highest BCUT2D eigenvalue weighted by Gasteiger charge is 2.37. The van der Waals surface area contributed by atoms with Gasteiger partial charge in [0.15, 0.2) is 9.84 Å². The monoisotopic (exact) mass is 424 g/mol. The molecule has 0 bridgehead atoms. The van der Waals surface area contributed by atoms with Crippen molar-refractivity contribution in [2.75, 3.05) is 20.8 Å². The van der Waals surface area contributed by atoms with Gasteiger partial charge in [0.25, 0.3) is 5.69 Å². The van der Waals surface area contributed by atoms with E-state index in [1.54, 1.807) is 0 Å². The molecule has 0 spiro atoms. The van der Waals surface area contributed by atoms with E-state index < -0.39 is 44.4 Å². The first-order valence-corrected chi connectivity index (χ1v) is 9.86. The summed E-state index contributed by atoms with van der Waals surface area (Å²) in [7, 11) is -1.78. The zero-order chi connectivity index (χ0) is 21.6. The molecule has 0 aliphatic rings. The molecule has 2 aromatic rings. The number of para-hydroxylation sites is 1. The van der Waals surface area contributed by atoms with Crippen LogP contribution >= 0.6 is 0 Å². The number of methoxy groups -OCH3 is 2. The first-order chi connectivity index (χ1) is 13.8. The molecule has 29 heavy (non-hydrogen) atoms. The van der Waals surface area contributed by atoms with Crippen molar-refractivity contribution >= 4 is 21.5 Å². The lowest BCUT2D eigenvalue weighted by molar-refractivity contribution is -0.385. The van der Waals surface area contributed by atoms with Crippen molar-refractivity contribution in [3.63, 3.8) is 0 Å². The smallest absolute Gasteiger partial charge is 0.325 e. The van der Waals surface area contributed by atoms with Gasteiger partial charge in [-0.3, -0.25) is 20.2 Å². The number of nitrogens with one attached hydrogen (secondary N) is 1. The lowest BCUT2D eigenvalue weighted by atomic mass is 10.1. The second-order valence-electron chi connectivity index (χ2n) is 5.84. The fourth-order valence-electron chi connectivity index (χ4n) is 2.64. The van der Waals surface area contributed by atoms with Crippen molar-refractivity contribution in [1.82, 2.24) is 5.32 Å². The summed E-state index contributed by atoms with van der Waals surface area (Å²) in [6.45, 7) is -0.776. The topological polar surface area (TPSA) is 145 Å². The number of nitro groups is 1. The molecule has 2 N–H and O–H groups in total. The van der Waals surface area contributed by atoms with Crippen LogP contribution in [0.5, 0.6) is 5.75 Å². The van der Waals surface area contributed by atoms with Crippen molar-refractivity contribution < 1.29 is 32.7 Å². The Morgan fingerprint density at radius 2 is 1.79 bits per heavy atom. The van der Waals surface area contributed by atoms with Crippen LogP contribution in [0.25, 0.3) is 0 Å². The maximum atomic E-state index is 13.3. The summed E-state index contributed by atoms with van der Waals surface area (Å²) in [4.78, 5) is 22.5. The Kier molecular flexibility index (Phi) is 7.26. The van der Waals surface area contributed by atoms with Crippen molar-refractivity contribution in [3.05, 3.63) is 64.2 Å². The van der Waals surface area contributed by atoms with Gasteiger partial charge in [-0.25, -0.2) is 8.42 Å². The van der Waals surface area contributed by atoms with E-state index in [-0.39, 0.29) is 10.5 Å². The number of benzene rings is 2. The number of sulfone groups is 1. The first kappa shape index (κ1) is 22.3. The van der Waals surface area contributed by atoms with Gasteiger partial charge in [0.1, 0.15) is 17.2 Å². The van der Waals surface area contributed by atoms with Crippen molar-refractivity contribution in [2.45, 2.75) is 16.3 Å². The predicted octanol–water partition coefficient (Wildman–Crippen LogP) is 1.20. The third-order valence-electron chi connectivity index (χ3n) is 4.14. The number of esters is 1. The van der Waals surface area contributed by atoms with Crippen molar-refractivity contribution in [3.8, 4) is 5.75 Å². The van der Waals surface area contributed by atoms with Crippen LogP contribution in [-0.2, 0) is 19.4 Å². The van der Waals surface area contributed by atoms with Crippen molar-refractivity contribution in [2.24, 2.45) is 0 Å². The average Bonchev–Trinajstić information content (AvgIpc) is 2.73.